The fourth-order valence-corrected chi connectivity index (χ4v) is 2.07. The van der Waals surface area contributed by atoms with Crippen LogP contribution >= 0.6 is 0 Å². The second kappa shape index (κ2) is 9.92. The van der Waals surface area contributed by atoms with Crippen LogP contribution in [0.15, 0.2) is 43.1 Å². The number of rotatable bonds is 9. The molecular formula is C18H25NO2. The van der Waals surface area contributed by atoms with Gasteiger partial charge in [-0.1, -0.05) is 51.8 Å². The van der Waals surface area contributed by atoms with Crippen molar-refractivity contribution in [1.29, 1.82) is 0 Å². The molecule has 0 saturated heterocycles. The highest BCUT2D eigenvalue weighted by Crippen LogP contribution is 2.17. The summed E-state index contributed by atoms with van der Waals surface area (Å²) in [4.78, 5) is 16.4. The molecule has 0 fully saturated rings. The van der Waals surface area contributed by atoms with Crippen LogP contribution in [0.25, 0.3) is 5.57 Å². The molecule has 3 nitrogen and oxygen atoms in total. The molecule has 21 heavy (non-hydrogen) atoms. The van der Waals surface area contributed by atoms with E-state index in [2.05, 4.69) is 25.4 Å². The molecule has 114 valence electrons. The zero-order valence-electron chi connectivity index (χ0n) is 13.0. The van der Waals surface area contributed by atoms with Gasteiger partial charge < -0.3 is 4.74 Å². The maximum atomic E-state index is 12.2. The average molecular weight is 287 g/mol. The summed E-state index contributed by atoms with van der Waals surface area (Å²) in [5.74, 6) is 0.103. The van der Waals surface area contributed by atoms with Gasteiger partial charge in [0, 0.05) is 6.20 Å². The maximum absolute atomic E-state index is 12.2. The van der Waals surface area contributed by atoms with Gasteiger partial charge in [-0.2, -0.15) is 0 Å². The first-order valence-electron chi connectivity index (χ1n) is 7.64. The minimum absolute atomic E-state index is 0.330. The predicted octanol–water partition coefficient (Wildman–Crippen LogP) is 4.41. The Kier molecular flexibility index (Phi) is 8.10. The SMILES string of the molecule is C=C/C=C(/C(=O)OCC(CC)CCCC)c1ccccn1. The number of ether oxygens (including phenoxy) is 1. The predicted molar refractivity (Wildman–Crippen MR) is 86.7 cm³/mol. The number of esters is 1. The lowest BCUT2D eigenvalue weighted by atomic mass is 10.0. The molecule has 1 rings (SSSR count). The van der Waals surface area contributed by atoms with Crippen LogP contribution in [-0.4, -0.2) is 17.6 Å². The molecule has 0 aliphatic rings. The van der Waals surface area contributed by atoms with Crippen molar-refractivity contribution in [3.05, 3.63) is 48.8 Å². The summed E-state index contributed by atoms with van der Waals surface area (Å²) in [6.07, 6.45) is 9.36. The summed E-state index contributed by atoms with van der Waals surface area (Å²) in [7, 11) is 0. The first kappa shape index (κ1) is 17.2. The quantitative estimate of drug-likeness (QED) is 0.383. The summed E-state index contributed by atoms with van der Waals surface area (Å²) < 4.78 is 5.47. The van der Waals surface area contributed by atoms with Crippen molar-refractivity contribution < 1.29 is 9.53 Å². The van der Waals surface area contributed by atoms with E-state index >= 15 is 0 Å². The minimum Gasteiger partial charge on any atom is -0.462 e. The van der Waals surface area contributed by atoms with E-state index in [0.29, 0.717) is 23.8 Å². The molecule has 3 heteroatoms. The number of carbonyl (C=O) groups excluding carboxylic acids is 1. The van der Waals surface area contributed by atoms with Gasteiger partial charge in [0.2, 0.25) is 0 Å². The lowest BCUT2D eigenvalue weighted by Gasteiger charge is -2.15. The standard InChI is InChI=1S/C18H25NO2/c1-4-7-11-15(6-3)14-21-18(20)16(10-5-2)17-12-8-9-13-19-17/h5,8-10,12-13,15H,2,4,6-7,11,14H2,1,3H3/b16-10+. The minimum atomic E-state index is -0.330. The van der Waals surface area contributed by atoms with E-state index in [-0.39, 0.29) is 5.97 Å². The van der Waals surface area contributed by atoms with Crippen LogP contribution in [0.3, 0.4) is 0 Å². The molecule has 1 heterocycles. The van der Waals surface area contributed by atoms with Gasteiger partial charge in [0.1, 0.15) is 0 Å². The van der Waals surface area contributed by atoms with E-state index in [1.54, 1.807) is 24.4 Å². The summed E-state index contributed by atoms with van der Waals surface area (Å²) >= 11 is 0. The highest BCUT2D eigenvalue weighted by Gasteiger charge is 2.16. The maximum Gasteiger partial charge on any atom is 0.340 e. The molecule has 0 amide bonds. The summed E-state index contributed by atoms with van der Waals surface area (Å²) in [6.45, 7) is 8.42. The summed E-state index contributed by atoms with van der Waals surface area (Å²) in [6, 6.07) is 5.46. The fourth-order valence-electron chi connectivity index (χ4n) is 2.07. The van der Waals surface area contributed by atoms with Crippen molar-refractivity contribution in [2.45, 2.75) is 39.5 Å². The van der Waals surface area contributed by atoms with E-state index in [1.165, 1.54) is 12.8 Å². The fraction of sp³-hybridized carbons (Fsp3) is 0.444. The normalized spacial score (nSPS) is 12.8. The van der Waals surface area contributed by atoms with E-state index in [4.69, 9.17) is 4.74 Å². The van der Waals surface area contributed by atoms with Crippen molar-refractivity contribution >= 4 is 11.5 Å². The molecule has 0 saturated carbocycles. The van der Waals surface area contributed by atoms with E-state index in [0.717, 1.165) is 12.8 Å². The smallest absolute Gasteiger partial charge is 0.340 e. The van der Waals surface area contributed by atoms with Crippen LogP contribution in [0.2, 0.25) is 0 Å². The number of aromatic nitrogens is 1. The Morgan fingerprint density at radius 2 is 2.24 bits per heavy atom. The zero-order valence-corrected chi connectivity index (χ0v) is 13.0. The van der Waals surface area contributed by atoms with Crippen LogP contribution in [-0.2, 0) is 9.53 Å². The highest BCUT2D eigenvalue weighted by atomic mass is 16.5. The van der Waals surface area contributed by atoms with Crippen molar-refractivity contribution in [2.75, 3.05) is 6.61 Å². The van der Waals surface area contributed by atoms with E-state index in [1.807, 2.05) is 12.1 Å². The van der Waals surface area contributed by atoms with Crippen molar-refractivity contribution in [3.8, 4) is 0 Å². The number of unbranched alkanes of at least 4 members (excludes halogenated alkanes) is 1. The van der Waals surface area contributed by atoms with Crippen LogP contribution in [0.1, 0.15) is 45.2 Å². The molecule has 0 N–H and O–H groups in total. The Hall–Kier alpha value is -1.90. The number of carbonyl (C=O) groups is 1. The molecule has 1 unspecified atom stereocenters. The van der Waals surface area contributed by atoms with Crippen LogP contribution in [0.4, 0.5) is 0 Å². The molecule has 0 radical (unpaired) electrons. The summed E-state index contributed by atoms with van der Waals surface area (Å²) in [5, 5.41) is 0. The second-order valence-corrected chi connectivity index (χ2v) is 5.05. The first-order valence-corrected chi connectivity index (χ1v) is 7.64. The second-order valence-electron chi connectivity index (χ2n) is 5.05. The average Bonchev–Trinajstić information content (AvgIpc) is 2.53. The summed E-state index contributed by atoms with van der Waals surface area (Å²) in [5.41, 5.74) is 1.07. The molecule has 0 aliphatic heterocycles. The monoisotopic (exact) mass is 287 g/mol. The Bertz CT molecular complexity index is 465. The van der Waals surface area contributed by atoms with Gasteiger partial charge in [-0.25, -0.2) is 4.79 Å². The van der Waals surface area contributed by atoms with Gasteiger partial charge in [0.25, 0.3) is 0 Å². The number of pyridine rings is 1. The van der Waals surface area contributed by atoms with Crippen molar-refractivity contribution in [3.63, 3.8) is 0 Å². The molecule has 0 aliphatic carbocycles. The number of hydrogen-bond acceptors (Lipinski definition) is 3. The molecule has 0 spiro atoms. The van der Waals surface area contributed by atoms with Crippen LogP contribution in [0.5, 0.6) is 0 Å². The van der Waals surface area contributed by atoms with Crippen molar-refractivity contribution in [2.24, 2.45) is 5.92 Å². The first-order chi connectivity index (χ1) is 10.2. The van der Waals surface area contributed by atoms with Crippen molar-refractivity contribution in [1.82, 2.24) is 4.98 Å². The third-order valence-corrected chi connectivity index (χ3v) is 3.44. The Balaban J connectivity index is 2.66. The molecule has 1 aromatic rings. The Morgan fingerprint density at radius 1 is 1.43 bits per heavy atom. The third kappa shape index (κ3) is 5.94. The van der Waals surface area contributed by atoms with Gasteiger partial charge in [-0.05, 0) is 30.5 Å². The molecular weight excluding hydrogens is 262 g/mol. The number of hydrogen-bond donors (Lipinski definition) is 0. The topological polar surface area (TPSA) is 39.2 Å². The van der Waals surface area contributed by atoms with Gasteiger partial charge in [-0.3, -0.25) is 4.98 Å². The molecule has 1 atom stereocenters. The molecule has 0 bridgehead atoms. The Labute approximate surface area is 127 Å². The molecule has 1 aromatic heterocycles. The lowest BCUT2D eigenvalue weighted by Crippen LogP contribution is -2.15. The zero-order chi connectivity index (χ0) is 15.5. The number of allylic oxidation sites excluding steroid dienone is 2. The largest absolute Gasteiger partial charge is 0.462 e. The van der Waals surface area contributed by atoms with E-state index in [9.17, 15) is 4.79 Å². The molecule has 0 aromatic carbocycles. The van der Waals surface area contributed by atoms with Gasteiger partial charge in [-0.15, -0.1) is 0 Å². The van der Waals surface area contributed by atoms with Crippen LogP contribution in [0, 0.1) is 5.92 Å². The lowest BCUT2D eigenvalue weighted by molar-refractivity contribution is -0.138. The van der Waals surface area contributed by atoms with Gasteiger partial charge in [0.05, 0.1) is 17.9 Å². The highest BCUT2D eigenvalue weighted by molar-refractivity contribution is 6.16. The van der Waals surface area contributed by atoms with E-state index < -0.39 is 0 Å². The Morgan fingerprint density at radius 3 is 2.81 bits per heavy atom. The van der Waals surface area contributed by atoms with Crippen LogP contribution < -0.4 is 0 Å². The third-order valence-electron chi connectivity index (χ3n) is 3.44. The van der Waals surface area contributed by atoms with Gasteiger partial charge in [0.15, 0.2) is 0 Å². The number of nitrogens with zero attached hydrogens (tertiary/aromatic N) is 1. The van der Waals surface area contributed by atoms with Gasteiger partial charge >= 0.3 is 5.97 Å².